The van der Waals surface area contributed by atoms with Gasteiger partial charge in [0.15, 0.2) is 0 Å². The molecule has 0 aliphatic carbocycles. The van der Waals surface area contributed by atoms with Crippen molar-refractivity contribution in [2.45, 2.75) is 26.1 Å². The van der Waals surface area contributed by atoms with E-state index in [0.29, 0.717) is 0 Å². The Morgan fingerprint density at radius 2 is 1.20 bits per heavy atom. The van der Waals surface area contributed by atoms with Crippen molar-refractivity contribution in [2.75, 3.05) is 0 Å². The molecule has 2 unspecified atom stereocenters. The topological polar surface area (TPSA) is 40.5 Å². The Morgan fingerprint density at radius 1 is 0.900 bits per heavy atom. The van der Waals surface area contributed by atoms with Gasteiger partial charge >= 0.3 is 0 Å². The van der Waals surface area contributed by atoms with Crippen LogP contribution in [0.2, 0.25) is 0 Å². The van der Waals surface area contributed by atoms with E-state index >= 15 is 0 Å². The molecule has 0 amide bonds. The molecule has 0 fully saturated rings. The van der Waals surface area contributed by atoms with Crippen LogP contribution in [0.5, 0.6) is 0 Å². The first-order valence-corrected chi connectivity index (χ1v) is 3.34. The minimum absolute atomic E-state index is 0.418. The molecule has 58 valence electrons. The highest BCUT2D eigenvalue weighted by molar-refractivity contribution is 5.05. The first-order chi connectivity index (χ1) is 4.63. The van der Waals surface area contributed by atoms with Crippen LogP contribution in [-0.2, 0) is 0 Å². The molecule has 2 heteroatoms. The lowest BCUT2D eigenvalue weighted by atomic mass is 10.3. The van der Waals surface area contributed by atoms with E-state index in [4.69, 9.17) is 10.2 Å². The van der Waals surface area contributed by atoms with Gasteiger partial charge in [-0.05, 0) is 13.8 Å². The zero-order valence-corrected chi connectivity index (χ0v) is 6.36. The second-order valence-corrected chi connectivity index (χ2v) is 2.25. The number of aliphatic hydroxyl groups excluding tert-OH is 2. The molecular weight excluding hydrogens is 128 g/mol. The van der Waals surface area contributed by atoms with Crippen molar-refractivity contribution in [3.63, 3.8) is 0 Å². The summed E-state index contributed by atoms with van der Waals surface area (Å²) in [6.07, 6.45) is 5.85. The van der Waals surface area contributed by atoms with Gasteiger partial charge < -0.3 is 10.2 Å². The molecule has 2 atom stereocenters. The van der Waals surface area contributed by atoms with Crippen LogP contribution in [0.3, 0.4) is 0 Å². The Labute approximate surface area is 61.5 Å². The number of aliphatic hydroxyl groups is 2. The minimum atomic E-state index is -0.418. The number of hydrogen-bond donors (Lipinski definition) is 2. The molecule has 0 aromatic rings. The molecule has 2 nitrogen and oxygen atoms in total. The van der Waals surface area contributed by atoms with Gasteiger partial charge in [-0.1, -0.05) is 24.3 Å². The van der Waals surface area contributed by atoms with E-state index in [1.807, 2.05) is 0 Å². The van der Waals surface area contributed by atoms with Gasteiger partial charge in [-0.2, -0.15) is 0 Å². The van der Waals surface area contributed by atoms with Crippen LogP contribution in [-0.4, -0.2) is 22.4 Å². The minimum Gasteiger partial charge on any atom is -0.389 e. The molecule has 0 saturated heterocycles. The smallest absolute Gasteiger partial charge is 0.0695 e. The standard InChI is InChI=1S/C8H14O2/c1-7(9)5-3-4-6-8(2)10/h3-10H,1-2H3/b5-3+,6-4+. The fourth-order valence-electron chi connectivity index (χ4n) is 0.450. The van der Waals surface area contributed by atoms with Crippen LogP contribution >= 0.6 is 0 Å². The predicted octanol–water partition coefficient (Wildman–Crippen LogP) is 0.860. The van der Waals surface area contributed by atoms with Crippen molar-refractivity contribution in [1.82, 2.24) is 0 Å². The van der Waals surface area contributed by atoms with Gasteiger partial charge in [-0.3, -0.25) is 0 Å². The summed E-state index contributed by atoms with van der Waals surface area (Å²) in [5.74, 6) is 0. The monoisotopic (exact) mass is 142 g/mol. The van der Waals surface area contributed by atoms with Gasteiger partial charge in [0.05, 0.1) is 12.2 Å². The molecule has 10 heavy (non-hydrogen) atoms. The van der Waals surface area contributed by atoms with Crippen molar-refractivity contribution >= 4 is 0 Å². The first-order valence-electron chi connectivity index (χ1n) is 3.34. The summed E-state index contributed by atoms with van der Waals surface area (Å²) >= 11 is 0. The van der Waals surface area contributed by atoms with E-state index in [0.717, 1.165) is 0 Å². The molecule has 0 radical (unpaired) electrons. The maximum absolute atomic E-state index is 8.73. The average molecular weight is 142 g/mol. The van der Waals surface area contributed by atoms with Gasteiger partial charge in [0.1, 0.15) is 0 Å². The van der Waals surface area contributed by atoms with E-state index < -0.39 is 12.2 Å². The van der Waals surface area contributed by atoms with E-state index in [1.54, 1.807) is 38.2 Å². The van der Waals surface area contributed by atoms with E-state index in [9.17, 15) is 0 Å². The van der Waals surface area contributed by atoms with Crippen molar-refractivity contribution < 1.29 is 10.2 Å². The molecule has 0 spiro atoms. The molecule has 0 aliphatic heterocycles. The summed E-state index contributed by atoms with van der Waals surface area (Å²) in [4.78, 5) is 0. The van der Waals surface area contributed by atoms with Crippen molar-refractivity contribution in [2.24, 2.45) is 0 Å². The third-order valence-corrected chi connectivity index (χ3v) is 0.890. The number of allylic oxidation sites excluding steroid dienone is 2. The largest absolute Gasteiger partial charge is 0.389 e. The number of hydrogen-bond acceptors (Lipinski definition) is 2. The van der Waals surface area contributed by atoms with Crippen molar-refractivity contribution in [1.29, 1.82) is 0 Å². The van der Waals surface area contributed by atoms with Gasteiger partial charge in [-0.25, -0.2) is 0 Å². The predicted molar refractivity (Wildman–Crippen MR) is 41.6 cm³/mol. The van der Waals surface area contributed by atoms with Gasteiger partial charge in [0, 0.05) is 0 Å². The summed E-state index contributed by atoms with van der Waals surface area (Å²) in [7, 11) is 0. The third-order valence-electron chi connectivity index (χ3n) is 0.890. The lowest BCUT2D eigenvalue weighted by molar-refractivity contribution is 0.242. The van der Waals surface area contributed by atoms with E-state index in [-0.39, 0.29) is 0 Å². The molecule has 0 aromatic heterocycles. The fourth-order valence-corrected chi connectivity index (χ4v) is 0.450. The van der Waals surface area contributed by atoms with Crippen LogP contribution in [0.1, 0.15) is 13.8 Å². The normalized spacial score (nSPS) is 18.4. The maximum atomic E-state index is 8.73. The van der Waals surface area contributed by atoms with Crippen molar-refractivity contribution in [3.8, 4) is 0 Å². The zero-order valence-electron chi connectivity index (χ0n) is 6.36. The SMILES string of the molecule is CC(O)/C=C/C=C/C(C)O. The molecule has 0 aromatic carbocycles. The second kappa shape index (κ2) is 5.21. The van der Waals surface area contributed by atoms with Crippen LogP contribution in [0.15, 0.2) is 24.3 Å². The Kier molecular flexibility index (Phi) is 4.89. The lowest BCUT2D eigenvalue weighted by Crippen LogP contribution is -1.92. The summed E-state index contributed by atoms with van der Waals surface area (Å²) < 4.78 is 0. The van der Waals surface area contributed by atoms with Crippen LogP contribution in [0.4, 0.5) is 0 Å². The fraction of sp³-hybridized carbons (Fsp3) is 0.500. The molecule has 2 N–H and O–H groups in total. The Hall–Kier alpha value is -0.600. The van der Waals surface area contributed by atoms with E-state index in [2.05, 4.69) is 0 Å². The summed E-state index contributed by atoms with van der Waals surface area (Å²) in [5.41, 5.74) is 0. The van der Waals surface area contributed by atoms with Gasteiger partial charge in [0.2, 0.25) is 0 Å². The highest BCUT2D eigenvalue weighted by Gasteiger charge is 1.83. The van der Waals surface area contributed by atoms with Crippen molar-refractivity contribution in [3.05, 3.63) is 24.3 Å². The van der Waals surface area contributed by atoms with Crippen LogP contribution in [0, 0.1) is 0 Å². The molecule has 0 saturated carbocycles. The highest BCUT2D eigenvalue weighted by Crippen LogP contribution is 1.86. The number of rotatable bonds is 3. The Bertz CT molecular complexity index is 107. The Morgan fingerprint density at radius 3 is 1.40 bits per heavy atom. The quantitative estimate of drug-likeness (QED) is 0.574. The highest BCUT2D eigenvalue weighted by atomic mass is 16.3. The summed E-state index contributed by atoms with van der Waals surface area (Å²) in [5, 5.41) is 17.5. The first kappa shape index (κ1) is 9.40. The Balaban J connectivity index is 3.52. The summed E-state index contributed by atoms with van der Waals surface area (Å²) in [6, 6.07) is 0. The summed E-state index contributed by atoms with van der Waals surface area (Å²) in [6.45, 7) is 3.35. The van der Waals surface area contributed by atoms with Gasteiger partial charge in [-0.15, -0.1) is 0 Å². The zero-order chi connectivity index (χ0) is 7.98. The molecule has 0 bridgehead atoms. The second-order valence-electron chi connectivity index (χ2n) is 2.25. The molecule has 0 aliphatic rings. The third kappa shape index (κ3) is 7.40. The lowest BCUT2D eigenvalue weighted by Gasteiger charge is -1.91. The van der Waals surface area contributed by atoms with E-state index in [1.165, 1.54) is 0 Å². The van der Waals surface area contributed by atoms with Crippen LogP contribution < -0.4 is 0 Å². The van der Waals surface area contributed by atoms with Crippen LogP contribution in [0.25, 0.3) is 0 Å². The molecular formula is C8H14O2. The maximum Gasteiger partial charge on any atom is 0.0695 e. The molecule has 0 heterocycles. The average Bonchev–Trinajstić information content (AvgIpc) is 1.79. The van der Waals surface area contributed by atoms with Gasteiger partial charge in [0.25, 0.3) is 0 Å². The molecule has 0 rings (SSSR count).